The van der Waals surface area contributed by atoms with Crippen molar-refractivity contribution in [1.82, 2.24) is 15.0 Å². The average Bonchev–Trinajstić information content (AvgIpc) is 3.18. The number of hydrogen-bond donors (Lipinski definition) is 3. The molecule has 0 saturated heterocycles. The topological polar surface area (TPSA) is 83.0 Å². The van der Waals surface area contributed by atoms with Crippen molar-refractivity contribution in [1.29, 1.82) is 0 Å². The molecule has 1 aliphatic rings. The molecular formula is C20H20ClN5O. The highest BCUT2D eigenvalue weighted by Gasteiger charge is 2.17. The van der Waals surface area contributed by atoms with E-state index in [1.165, 1.54) is 12.8 Å². The molecule has 7 heteroatoms. The zero-order chi connectivity index (χ0) is 18.6. The van der Waals surface area contributed by atoms with Gasteiger partial charge < -0.3 is 15.7 Å². The summed E-state index contributed by atoms with van der Waals surface area (Å²) < 4.78 is 0. The number of phenols is 1. The van der Waals surface area contributed by atoms with Gasteiger partial charge in [-0.05, 0) is 43.2 Å². The standard InChI is InChI=1S/C20H20ClN5O/c21-14-5-6-18(27)17(11-14)24-19-12-16(13-7-9-22-10-8-13)25-20(26-19)23-15-3-1-2-4-15/h5-12,15,27H,1-4H2,(H2,23,24,25,26). The number of aromatic nitrogens is 3. The number of phenolic OH excluding ortho intramolecular Hbond substituents is 1. The van der Waals surface area contributed by atoms with Crippen LogP contribution in [0.15, 0.2) is 48.8 Å². The lowest BCUT2D eigenvalue weighted by molar-refractivity contribution is 0.477. The van der Waals surface area contributed by atoms with Crippen LogP contribution in [0.5, 0.6) is 5.75 Å². The molecule has 1 aliphatic carbocycles. The van der Waals surface area contributed by atoms with Crippen LogP contribution in [0, 0.1) is 0 Å². The van der Waals surface area contributed by atoms with E-state index >= 15 is 0 Å². The second-order valence-corrected chi connectivity index (χ2v) is 7.05. The predicted molar refractivity (Wildman–Crippen MR) is 108 cm³/mol. The smallest absolute Gasteiger partial charge is 0.225 e. The van der Waals surface area contributed by atoms with E-state index in [4.69, 9.17) is 11.6 Å². The molecule has 0 bridgehead atoms. The van der Waals surface area contributed by atoms with Crippen LogP contribution >= 0.6 is 11.6 Å². The van der Waals surface area contributed by atoms with E-state index in [1.54, 1.807) is 30.6 Å². The van der Waals surface area contributed by atoms with Crippen LogP contribution in [-0.2, 0) is 0 Å². The predicted octanol–water partition coefficient (Wildman–Crippen LogP) is 5.00. The zero-order valence-corrected chi connectivity index (χ0v) is 15.4. The maximum Gasteiger partial charge on any atom is 0.225 e. The van der Waals surface area contributed by atoms with Gasteiger partial charge in [-0.2, -0.15) is 4.98 Å². The molecule has 138 valence electrons. The van der Waals surface area contributed by atoms with E-state index in [1.807, 2.05) is 18.2 Å². The highest BCUT2D eigenvalue weighted by atomic mass is 35.5. The Labute approximate surface area is 162 Å². The summed E-state index contributed by atoms with van der Waals surface area (Å²) in [5, 5.41) is 17.2. The molecule has 1 aromatic carbocycles. The van der Waals surface area contributed by atoms with E-state index in [9.17, 15) is 5.11 Å². The third-order valence-electron chi connectivity index (χ3n) is 4.61. The Morgan fingerprint density at radius 1 is 1.00 bits per heavy atom. The van der Waals surface area contributed by atoms with Crippen molar-refractivity contribution in [2.24, 2.45) is 0 Å². The lowest BCUT2D eigenvalue weighted by Gasteiger charge is -2.15. The van der Waals surface area contributed by atoms with Gasteiger partial charge in [-0.3, -0.25) is 4.98 Å². The zero-order valence-electron chi connectivity index (χ0n) is 14.7. The molecule has 0 aliphatic heterocycles. The molecule has 1 saturated carbocycles. The third kappa shape index (κ3) is 4.28. The first kappa shape index (κ1) is 17.5. The minimum Gasteiger partial charge on any atom is -0.506 e. The van der Waals surface area contributed by atoms with Crippen LogP contribution < -0.4 is 10.6 Å². The van der Waals surface area contributed by atoms with Crippen molar-refractivity contribution in [2.45, 2.75) is 31.7 Å². The lowest BCUT2D eigenvalue weighted by Crippen LogP contribution is -2.17. The summed E-state index contributed by atoms with van der Waals surface area (Å²) in [5.74, 6) is 1.25. The Morgan fingerprint density at radius 2 is 1.78 bits per heavy atom. The van der Waals surface area contributed by atoms with E-state index in [2.05, 4.69) is 25.6 Å². The van der Waals surface area contributed by atoms with Crippen LogP contribution in [0.4, 0.5) is 17.5 Å². The van der Waals surface area contributed by atoms with Crippen molar-refractivity contribution in [3.05, 3.63) is 53.8 Å². The van der Waals surface area contributed by atoms with Crippen LogP contribution in [0.2, 0.25) is 5.02 Å². The summed E-state index contributed by atoms with van der Waals surface area (Å²) in [7, 11) is 0. The fourth-order valence-electron chi connectivity index (χ4n) is 3.25. The first-order valence-corrected chi connectivity index (χ1v) is 9.37. The molecule has 2 heterocycles. The highest BCUT2D eigenvalue weighted by molar-refractivity contribution is 6.31. The molecule has 3 aromatic rings. The average molecular weight is 382 g/mol. The summed E-state index contributed by atoms with van der Waals surface area (Å²) >= 11 is 6.05. The van der Waals surface area contributed by atoms with E-state index in [0.717, 1.165) is 24.1 Å². The Balaban J connectivity index is 1.69. The monoisotopic (exact) mass is 381 g/mol. The second-order valence-electron chi connectivity index (χ2n) is 6.61. The number of anilines is 3. The van der Waals surface area contributed by atoms with Gasteiger partial charge >= 0.3 is 0 Å². The minimum absolute atomic E-state index is 0.105. The number of nitrogens with one attached hydrogen (secondary N) is 2. The second kappa shape index (κ2) is 7.80. The van der Waals surface area contributed by atoms with Crippen molar-refractivity contribution < 1.29 is 5.11 Å². The van der Waals surface area contributed by atoms with Gasteiger partial charge in [-0.1, -0.05) is 24.4 Å². The summed E-state index contributed by atoms with van der Waals surface area (Å²) in [4.78, 5) is 13.3. The SMILES string of the molecule is Oc1ccc(Cl)cc1Nc1cc(-c2ccncc2)nc(NC2CCCC2)n1. The quantitative estimate of drug-likeness (QED) is 0.540. The van der Waals surface area contributed by atoms with Crippen molar-refractivity contribution in [2.75, 3.05) is 10.6 Å². The Morgan fingerprint density at radius 3 is 2.56 bits per heavy atom. The summed E-state index contributed by atoms with van der Waals surface area (Å²) in [6, 6.07) is 10.9. The molecule has 4 rings (SSSR count). The fraction of sp³-hybridized carbons (Fsp3) is 0.250. The van der Waals surface area contributed by atoms with Gasteiger partial charge in [0.2, 0.25) is 5.95 Å². The molecule has 0 unspecified atom stereocenters. The number of halogens is 1. The minimum atomic E-state index is 0.105. The van der Waals surface area contributed by atoms with Gasteiger partial charge in [0, 0.05) is 35.1 Å². The van der Waals surface area contributed by atoms with Crippen molar-refractivity contribution >= 4 is 29.1 Å². The fourth-order valence-corrected chi connectivity index (χ4v) is 3.42. The van der Waals surface area contributed by atoms with E-state index in [-0.39, 0.29) is 5.75 Å². The Hall–Kier alpha value is -2.86. The summed E-state index contributed by atoms with van der Waals surface area (Å²) in [6.07, 6.45) is 8.17. The molecule has 0 atom stereocenters. The molecule has 0 radical (unpaired) electrons. The maximum atomic E-state index is 10.1. The normalized spacial score (nSPS) is 14.3. The summed E-state index contributed by atoms with van der Waals surface area (Å²) in [5.41, 5.74) is 2.21. The van der Waals surface area contributed by atoms with E-state index < -0.39 is 0 Å². The summed E-state index contributed by atoms with van der Waals surface area (Å²) in [6.45, 7) is 0. The van der Waals surface area contributed by atoms with E-state index in [0.29, 0.717) is 28.5 Å². The first-order valence-electron chi connectivity index (χ1n) is 8.99. The number of rotatable bonds is 5. The van der Waals surface area contributed by atoms with Crippen LogP contribution in [0.3, 0.4) is 0 Å². The molecular weight excluding hydrogens is 362 g/mol. The van der Waals surface area contributed by atoms with Gasteiger partial charge in [-0.15, -0.1) is 0 Å². The molecule has 0 spiro atoms. The number of aromatic hydroxyl groups is 1. The van der Waals surface area contributed by atoms with Crippen LogP contribution in [0.25, 0.3) is 11.3 Å². The molecule has 0 amide bonds. The number of pyridine rings is 1. The maximum absolute atomic E-state index is 10.1. The van der Waals surface area contributed by atoms with Gasteiger partial charge in [0.25, 0.3) is 0 Å². The lowest BCUT2D eigenvalue weighted by atomic mass is 10.2. The third-order valence-corrected chi connectivity index (χ3v) is 4.85. The van der Waals surface area contributed by atoms with Crippen LogP contribution in [0.1, 0.15) is 25.7 Å². The van der Waals surface area contributed by atoms with Gasteiger partial charge in [-0.25, -0.2) is 4.98 Å². The molecule has 6 nitrogen and oxygen atoms in total. The molecule has 1 fully saturated rings. The first-order chi connectivity index (χ1) is 13.2. The Bertz CT molecular complexity index is 929. The molecule has 27 heavy (non-hydrogen) atoms. The Kier molecular flexibility index (Phi) is 5.07. The van der Waals surface area contributed by atoms with Crippen LogP contribution in [-0.4, -0.2) is 26.1 Å². The highest BCUT2D eigenvalue weighted by Crippen LogP contribution is 2.31. The van der Waals surface area contributed by atoms with Gasteiger partial charge in [0.05, 0.1) is 11.4 Å². The number of hydrogen-bond acceptors (Lipinski definition) is 6. The van der Waals surface area contributed by atoms with Gasteiger partial charge in [0.15, 0.2) is 0 Å². The molecule has 2 aromatic heterocycles. The molecule has 3 N–H and O–H groups in total. The number of nitrogens with zero attached hydrogens (tertiary/aromatic N) is 3. The van der Waals surface area contributed by atoms with Crippen molar-refractivity contribution in [3.8, 4) is 17.0 Å². The van der Waals surface area contributed by atoms with Gasteiger partial charge in [0.1, 0.15) is 11.6 Å². The van der Waals surface area contributed by atoms with Crippen molar-refractivity contribution in [3.63, 3.8) is 0 Å². The number of benzene rings is 1. The largest absolute Gasteiger partial charge is 0.506 e.